The van der Waals surface area contributed by atoms with Gasteiger partial charge in [-0.3, -0.25) is 9.59 Å². The third kappa shape index (κ3) is 9.92. The summed E-state index contributed by atoms with van der Waals surface area (Å²) in [7, 11) is 0. The molecule has 0 aromatic heterocycles. The lowest BCUT2D eigenvalue weighted by atomic mass is 9.94. The van der Waals surface area contributed by atoms with Crippen LogP contribution in [0.4, 0.5) is 13.2 Å². The Morgan fingerprint density at radius 3 is 2.22 bits per heavy atom. The smallest absolute Gasteiger partial charge is 0.397 e. The van der Waals surface area contributed by atoms with Crippen molar-refractivity contribution < 1.29 is 27.9 Å². The highest BCUT2D eigenvalue weighted by atomic mass is 19.4. The van der Waals surface area contributed by atoms with Crippen LogP contribution in [0.2, 0.25) is 0 Å². The molecule has 0 aliphatic carbocycles. The van der Waals surface area contributed by atoms with E-state index in [2.05, 4.69) is 5.32 Å². The molecule has 0 fully saturated rings. The highest BCUT2D eigenvalue weighted by Crippen LogP contribution is 2.19. The van der Waals surface area contributed by atoms with E-state index in [1.807, 2.05) is 13.8 Å². The van der Waals surface area contributed by atoms with Gasteiger partial charge in [0.05, 0.1) is 0 Å². The first-order valence-electron chi connectivity index (χ1n) is 5.65. The van der Waals surface area contributed by atoms with Crippen molar-refractivity contribution in [1.29, 1.82) is 0 Å². The van der Waals surface area contributed by atoms with Crippen molar-refractivity contribution in [2.75, 3.05) is 6.54 Å². The fourth-order valence-corrected chi connectivity index (χ4v) is 1.66. The molecule has 1 atom stereocenters. The highest BCUT2D eigenvalue weighted by Gasteiger charge is 2.31. The second-order valence-electron chi connectivity index (χ2n) is 4.69. The summed E-state index contributed by atoms with van der Waals surface area (Å²) in [5, 5.41) is 10.8. The van der Waals surface area contributed by atoms with Gasteiger partial charge in [-0.25, -0.2) is 0 Å². The number of carboxylic acid groups (broad SMARTS) is 1. The first-order valence-corrected chi connectivity index (χ1v) is 5.65. The Hall–Kier alpha value is -1.27. The second kappa shape index (κ2) is 7.23. The molecule has 0 heterocycles. The van der Waals surface area contributed by atoms with E-state index in [0.717, 1.165) is 0 Å². The van der Waals surface area contributed by atoms with E-state index in [-0.39, 0.29) is 24.8 Å². The zero-order valence-corrected chi connectivity index (χ0v) is 10.4. The molecule has 0 aromatic carbocycles. The molecule has 0 aliphatic heterocycles. The Balaban J connectivity index is 4.17. The summed E-state index contributed by atoms with van der Waals surface area (Å²) >= 11 is 0. The highest BCUT2D eigenvalue weighted by molar-refractivity contribution is 5.76. The molecule has 0 radical (unpaired) electrons. The molecule has 0 bridgehead atoms. The van der Waals surface area contributed by atoms with Gasteiger partial charge < -0.3 is 10.4 Å². The molecule has 0 aromatic rings. The van der Waals surface area contributed by atoms with Crippen LogP contribution in [0.25, 0.3) is 0 Å². The Morgan fingerprint density at radius 1 is 1.28 bits per heavy atom. The van der Waals surface area contributed by atoms with Crippen LogP contribution in [-0.2, 0) is 9.59 Å². The van der Waals surface area contributed by atoms with E-state index in [4.69, 9.17) is 5.11 Å². The first kappa shape index (κ1) is 16.7. The lowest BCUT2D eigenvalue weighted by Gasteiger charge is -2.18. The van der Waals surface area contributed by atoms with E-state index in [9.17, 15) is 22.8 Å². The number of hydrogen-bond donors (Lipinski definition) is 2. The monoisotopic (exact) mass is 269 g/mol. The predicted octanol–water partition coefficient (Wildman–Crippen LogP) is 2.19. The minimum Gasteiger partial charge on any atom is -0.481 e. The number of carbonyl (C=O) groups excluding carboxylic acids is 1. The van der Waals surface area contributed by atoms with Crippen molar-refractivity contribution in [3.8, 4) is 0 Å². The molecule has 0 rings (SSSR count). The van der Waals surface area contributed by atoms with Gasteiger partial charge in [0, 0.05) is 13.0 Å². The van der Waals surface area contributed by atoms with Crippen LogP contribution in [0, 0.1) is 11.8 Å². The maximum absolute atomic E-state index is 11.9. The Labute approximate surface area is 104 Å². The van der Waals surface area contributed by atoms with Crippen molar-refractivity contribution in [3.63, 3.8) is 0 Å². The van der Waals surface area contributed by atoms with E-state index >= 15 is 0 Å². The third-order valence-electron chi connectivity index (χ3n) is 2.22. The topological polar surface area (TPSA) is 66.4 Å². The van der Waals surface area contributed by atoms with Crippen molar-refractivity contribution in [2.45, 2.75) is 39.3 Å². The summed E-state index contributed by atoms with van der Waals surface area (Å²) in [5.41, 5.74) is 0. The molecule has 0 saturated heterocycles. The van der Waals surface area contributed by atoms with Crippen molar-refractivity contribution in [3.05, 3.63) is 0 Å². The molecule has 0 unspecified atom stereocenters. The molecule has 2 N–H and O–H groups in total. The molecule has 7 heteroatoms. The quantitative estimate of drug-likeness (QED) is 0.744. The Morgan fingerprint density at radius 2 is 1.83 bits per heavy atom. The fourth-order valence-electron chi connectivity index (χ4n) is 1.66. The van der Waals surface area contributed by atoms with E-state index < -0.39 is 24.5 Å². The van der Waals surface area contributed by atoms with Gasteiger partial charge >= 0.3 is 12.1 Å². The van der Waals surface area contributed by atoms with Crippen LogP contribution in [0.5, 0.6) is 0 Å². The average molecular weight is 269 g/mol. The van der Waals surface area contributed by atoms with Gasteiger partial charge in [-0.15, -0.1) is 0 Å². The largest absolute Gasteiger partial charge is 0.481 e. The molecule has 0 spiro atoms. The first-order chi connectivity index (χ1) is 8.10. The van der Waals surface area contributed by atoms with Gasteiger partial charge in [-0.05, 0) is 18.3 Å². The molecule has 0 saturated carbocycles. The number of rotatable bonds is 7. The number of halogens is 3. The van der Waals surface area contributed by atoms with Crippen LogP contribution >= 0.6 is 0 Å². The molecule has 4 nitrogen and oxygen atoms in total. The summed E-state index contributed by atoms with van der Waals surface area (Å²) in [6.07, 6.45) is -5.69. The van der Waals surface area contributed by atoms with Gasteiger partial charge in [0.1, 0.15) is 6.42 Å². The normalized spacial score (nSPS) is 13.4. The molecule has 106 valence electrons. The standard InChI is InChI=1S/C11H18F3NO3/c1-7(2)3-8(4-10(17)18)6-15-9(16)5-11(12,13)14/h7-8H,3-6H2,1-2H3,(H,15,16)(H,17,18)/t8-/m0/s1. The van der Waals surface area contributed by atoms with E-state index in [1.165, 1.54) is 0 Å². The number of nitrogens with one attached hydrogen (secondary N) is 1. The lowest BCUT2D eigenvalue weighted by Crippen LogP contribution is -2.33. The van der Waals surface area contributed by atoms with E-state index in [1.54, 1.807) is 0 Å². The molecular formula is C11H18F3NO3. The summed E-state index contributed by atoms with van der Waals surface area (Å²) < 4.78 is 35.7. The zero-order chi connectivity index (χ0) is 14.3. The second-order valence-corrected chi connectivity index (χ2v) is 4.69. The number of hydrogen-bond acceptors (Lipinski definition) is 2. The van der Waals surface area contributed by atoms with Crippen molar-refractivity contribution in [2.24, 2.45) is 11.8 Å². The van der Waals surface area contributed by atoms with Gasteiger partial charge in [0.2, 0.25) is 5.91 Å². The molecule has 18 heavy (non-hydrogen) atoms. The maximum Gasteiger partial charge on any atom is 0.397 e. The molecular weight excluding hydrogens is 251 g/mol. The summed E-state index contributed by atoms with van der Waals surface area (Å²) in [5.74, 6) is -2.28. The minimum absolute atomic E-state index is 0.0423. The summed E-state index contributed by atoms with van der Waals surface area (Å²) in [6.45, 7) is 3.72. The summed E-state index contributed by atoms with van der Waals surface area (Å²) in [6, 6.07) is 0. The average Bonchev–Trinajstić information content (AvgIpc) is 2.09. The minimum atomic E-state index is -4.54. The van der Waals surface area contributed by atoms with E-state index in [0.29, 0.717) is 6.42 Å². The SMILES string of the molecule is CC(C)C[C@H](CNC(=O)CC(F)(F)F)CC(=O)O. The van der Waals surface area contributed by atoms with Crippen LogP contribution in [0.3, 0.4) is 0 Å². The van der Waals surface area contributed by atoms with Crippen molar-refractivity contribution in [1.82, 2.24) is 5.32 Å². The number of alkyl halides is 3. The predicted molar refractivity (Wildman–Crippen MR) is 58.9 cm³/mol. The van der Waals surface area contributed by atoms with Gasteiger partial charge in [0.15, 0.2) is 0 Å². The summed E-state index contributed by atoms with van der Waals surface area (Å²) in [4.78, 5) is 21.5. The number of carbonyl (C=O) groups is 2. The van der Waals surface area contributed by atoms with Crippen LogP contribution in [0.15, 0.2) is 0 Å². The van der Waals surface area contributed by atoms with Gasteiger partial charge in [-0.2, -0.15) is 13.2 Å². The van der Waals surface area contributed by atoms with Crippen LogP contribution in [0.1, 0.15) is 33.1 Å². The zero-order valence-electron chi connectivity index (χ0n) is 10.4. The van der Waals surface area contributed by atoms with Gasteiger partial charge in [-0.1, -0.05) is 13.8 Å². The molecule has 1 amide bonds. The van der Waals surface area contributed by atoms with Crippen molar-refractivity contribution >= 4 is 11.9 Å². The van der Waals surface area contributed by atoms with Crippen LogP contribution in [-0.4, -0.2) is 29.7 Å². The maximum atomic E-state index is 11.9. The number of aliphatic carboxylic acids is 1. The Kier molecular flexibility index (Phi) is 6.72. The fraction of sp³-hybridized carbons (Fsp3) is 0.818. The number of amides is 1. The number of carboxylic acids is 1. The third-order valence-corrected chi connectivity index (χ3v) is 2.22. The van der Waals surface area contributed by atoms with Crippen LogP contribution < -0.4 is 5.32 Å². The lowest BCUT2D eigenvalue weighted by molar-refractivity contribution is -0.154. The Bertz CT molecular complexity index is 290. The van der Waals surface area contributed by atoms with Gasteiger partial charge in [0.25, 0.3) is 0 Å². The molecule has 0 aliphatic rings.